The normalized spacial score (nSPS) is 11.5. The molecule has 0 saturated carbocycles. The first-order chi connectivity index (χ1) is 35.4. The molecule has 0 aliphatic rings. The predicted octanol–water partition coefficient (Wildman–Crippen LogP) is 15.0. The van der Waals surface area contributed by atoms with E-state index >= 15 is 0 Å². The van der Waals surface area contributed by atoms with Gasteiger partial charge in [0.05, 0.1) is 11.0 Å². The lowest BCUT2D eigenvalue weighted by molar-refractivity contribution is 0.628. The third-order valence-electron chi connectivity index (χ3n) is 14.0. The number of halogens is 3. The fraction of sp³-hybridized carbons (Fsp3) is 0. The van der Waals surface area contributed by atoms with Crippen LogP contribution in [0.3, 0.4) is 0 Å². The molecule has 0 unspecified atom stereocenters. The molecule has 0 N–H and O–H groups in total. The van der Waals surface area contributed by atoms with Gasteiger partial charge in [0.25, 0.3) is 0 Å². The highest BCUT2D eigenvalue weighted by molar-refractivity contribution is 7.19. The van der Waals surface area contributed by atoms with Gasteiger partial charge in [0.2, 0.25) is 0 Å². The lowest BCUT2D eigenvalue weighted by Gasteiger charge is -2.34. The van der Waals surface area contributed by atoms with Crippen molar-refractivity contribution >= 4 is 67.7 Å². The van der Waals surface area contributed by atoms with Crippen LogP contribution in [-0.2, 0) is 0 Å². The summed E-state index contributed by atoms with van der Waals surface area (Å²) in [4.78, 5) is 2.29. The number of para-hydroxylation sites is 2. The summed E-state index contributed by atoms with van der Waals surface area (Å²) in [6, 6.07) is 90.5. The lowest BCUT2D eigenvalue weighted by Crippen LogP contribution is -2.74. The molecule has 344 valence electrons. The molecule has 1 heterocycles. The van der Waals surface area contributed by atoms with Crippen LogP contribution in [0.15, 0.2) is 273 Å². The first-order valence-electron chi connectivity index (χ1n) is 24.0. The average Bonchev–Trinajstić information content (AvgIpc) is 3.77. The first-order valence-corrected chi connectivity index (χ1v) is 26.0. The van der Waals surface area contributed by atoms with Crippen molar-refractivity contribution in [3.63, 3.8) is 0 Å². The molecule has 0 fully saturated rings. The minimum atomic E-state index is -3.19. The zero-order valence-corrected chi connectivity index (χ0v) is 40.0. The summed E-state index contributed by atoms with van der Waals surface area (Å²) in [7, 11) is -3.19. The van der Waals surface area contributed by atoms with Crippen LogP contribution in [-0.4, -0.2) is 12.6 Å². The van der Waals surface area contributed by atoms with Gasteiger partial charge in [0.15, 0.2) is 8.07 Å². The van der Waals surface area contributed by atoms with Gasteiger partial charge in [-0.1, -0.05) is 170 Å². The van der Waals surface area contributed by atoms with Crippen LogP contribution in [0, 0.1) is 17.5 Å². The van der Waals surface area contributed by atoms with Crippen LogP contribution in [0.25, 0.3) is 60.9 Å². The molecule has 0 atom stereocenters. The van der Waals surface area contributed by atoms with E-state index in [0.29, 0.717) is 0 Å². The minimum Gasteiger partial charge on any atom is -0.311 e. The van der Waals surface area contributed by atoms with Crippen molar-refractivity contribution in [2.75, 3.05) is 4.90 Å². The van der Waals surface area contributed by atoms with Crippen LogP contribution in [0.4, 0.5) is 30.2 Å². The maximum atomic E-state index is 14.5. The topological polar surface area (TPSA) is 8.17 Å². The molecule has 12 rings (SSSR count). The van der Waals surface area contributed by atoms with Crippen molar-refractivity contribution in [2.45, 2.75) is 0 Å². The average molecular weight is 951 g/mol. The Morgan fingerprint density at radius 1 is 0.278 bits per heavy atom. The Balaban J connectivity index is 0.906. The summed E-state index contributed by atoms with van der Waals surface area (Å²) in [5.41, 5.74) is 13.1. The number of rotatable bonds is 11. The maximum Gasteiger partial charge on any atom is 0.179 e. The summed E-state index contributed by atoms with van der Waals surface area (Å²) < 4.78 is 45.8. The number of anilines is 3. The number of hydrogen-bond donors (Lipinski definition) is 0. The Kier molecular flexibility index (Phi) is 11.5. The van der Waals surface area contributed by atoms with Gasteiger partial charge in [0, 0.05) is 33.5 Å². The molecule has 0 spiro atoms. The first kappa shape index (κ1) is 44.2. The molecule has 0 aliphatic heterocycles. The van der Waals surface area contributed by atoms with Crippen LogP contribution >= 0.6 is 0 Å². The molecule has 2 nitrogen and oxygen atoms in total. The molecule has 0 aliphatic carbocycles. The summed E-state index contributed by atoms with van der Waals surface area (Å²) in [6.07, 6.45) is 0. The minimum absolute atomic E-state index is 0.351. The van der Waals surface area contributed by atoms with Crippen molar-refractivity contribution in [1.29, 1.82) is 0 Å². The zero-order chi connectivity index (χ0) is 48.6. The van der Waals surface area contributed by atoms with Crippen molar-refractivity contribution < 1.29 is 13.2 Å². The van der Waals surface area contributed by atoms with Gasteiger partial charge in [-0.2, -0.15) is 0 Å². The van der Waals surface area contributed by atoms with Crippen LogP contribution < -0.4 is 25.6 Å². The van der Waals surface area contributed by atoms with Gasteiger partial charge >= 0.3 is 0 Å². The van der Waals surface area contributed by atoms with Crippen molar-refractivity contribution in [3.05, 3.63) is 290 Å². The lowest BCUT2D eigenvalue weighted by atomic mass is 10.0. The maximum absolute atomic E-state index is 14.5. The third kappa shape index (κ3) is 8.07. The molecule has 0 amide bonds. The fourth-order valence-corrected chi connectivity index (χ4v) is 15.2. The Labute approximate surface area is 417 Å². The van der Waals surface area contributed by atoms with Gasteiger partial charge in [-0.15, -0.1) is 0 Å². The third-order valence-corrected chi connectivity index (χ3v) is 18.8. The predicted molar refractivity (Wildman–Crippen MR) is 295 cm³/mol. The molecule has 72 heavy (non-hydrogen) atoms. The van der Waals surface area contributed by atoms with Crippen LogP contribution in [0.2, 0.25) is 0 Å². The van der Waals surface area contributed by atoms with E-state index in [0.717, 1.165) is 76.9 Å². The second kappa shape index (κ2) is 18.7. The van der Waals surface area contributed by atoms with E-state index < -0.39 is 8.07 Å². The molecular weight excluding hydrogens is 906 g/mol. The Bertz CT molecular complexity index is 3710. The van der Waals surface area contributed by atoms with E-state index in [1.165, 1.54) is 58.2 Å². The summed E-state index contributed by atoms with van der Waals surface area (Å²) in [5, 5.41) is 6.13. The molecule has 12 aromatic rings. The zero-order valence-electron chi connectivity index (χ0n) is 39.0. The van der Waals surface area contributed by atoms with Crippen molar-refractivity contribution in [2.24, 2.45) is 0 Å². The molecule has 0 saturated heterocycles. The second-order valence-corrected chi connectivity index (χ2v) is 21.9. The van der Waals surface area contributed by atoms with Crippen molar-refractivity contribution in [1.82, 2.24) is 4.57 Å². The number of nitrogens with zero attached hydrogens (tertiary/aromatic N) is 2. The van der Waals surface area contributed by atoms with E-state index in [-0.39, 0.29) is 17.5 Å². The highest BCUT2D eigenvalue weighted by atomic mass is 28.3. The summed E-state index contributed by atoms with van der Waals surface area (Å²) in [5.74, 6) is -1.05. The molecule has 1 aromatic heterocycles. The largest absolute Gasteiger partial charge is 0.311 e. The van der Waals surface area contributed by atoms with Gasteiger partial charge in [-0.3, -0.25) is 0 Å². The quantitative estimate of drug-likeness (QED) is 0.0926. The number of aromatic nitrogens is 1. The molecule has 0 radical (unpaired) electrons. The molecule has 0 bridgehead atoms. The number of fused-ring (bicyclic) bond motifs is 3. The summed E-state index contributed by atoms with van der Waals surface area (Å²) in [6.45, 7) is 0. The highest BCUT2D eigenvalue weighted by Crippen LogP contribution is 2.39. The molecule has 6 heteroatoms. The van der Waals surface area contributed by atoms with E-state index in [1.807, 2.05) is 6.07 Å². The molecular formula is C66H45F3N2Si. The van der Waals surface area contributed by atoms with E-state index in [9.17, 15) is 13.2 Å². The van der Waals surface area contributed by atoms with E-state index in [1.54, 1.807) is 36.4 Å². The highest BCUT2D eigenvalue weighted by Gasteiger charge is 2.41. The Morgan fingerprint density at radius 2 is 0.611 bits per heavy atom. The number of hydrogen-bond acceptors (Lipinski definition) is 1. The SMILES string of the molecule is Fc1ccc([Si](c2ccc(F)cc2)(c2ccc(F)cc2)c2ccc(-c3ccc(N(c4ccc(-c5ccccc5)cc4)c4ccc(-c5ccc6c(c5)c5ccccc5n6-c5ccccc5)cc4)cc3)cc2)cc1. The number of benzene rings is 11. The van der Waals surface area contributed by atoms with Gasteiger partial charge < -0.3 is 9.47 Å². The standard InChI is InChI=1S/C66H45F3N2Si/c67-52-24-38-60(39-25-52)72(61-40-26-53(68)27-41-61,62-42-28-54(69)29-43-62)59-36-21-49(22-37-59)48-17-32-57(33-18-48)70(56-30-15-47(16-31-56)46-9-3-1-4-10-46)58-34-19-50(20-35-58)51-23-44-66-64(45-51)63-13-7-8-14-65(63)71(66)55-11-5-2-6-12-55/h1-45H. The molecule has 11 aromatic carbocycles. The second-order valence-electron chi connectivity index (χ2n) is 18.1. The fourth-order valence-electron chi connectivity index (χ4n) is 10.5. The van der Waals surface area contributed by atoms with Crippen LogP contribution in [0.1, 0.15) is 0 Å². The van der Waals surface area contributed by atoms with Gasteiger partial charge in [0.1, 0.15) is 17.5 Å². The van der Waals surface area contributed by atoms with Crippen LogP contribution in [0.5, 0.6) is 0 Å². The summed E-state index contributed by atoms with van der Waals surface area (Å²) >= 11 is 0. The van der Waals surface area contributed by atoms with Gasteiger partial charge in [-0.05, 0) is 157 Å². The van der Waals surface area contributed by atoms with E-state index in [2.05, 4.69) is 204 Å². The van der Waals surface area contributed by atoms with E-state index in [4.69, 9.17) is 0 Å². The van der Waals surface area contributed by atoms with Gasteiger partial charge in [-0.25, -0.2) is 13.2 Å². The Morgan fingerprint density at radius 3 is 1.07 bits per heavy atom. The van der Waals surface area contributed by atoms with Crippen molar-refractivity contribution in [3.8, 4) is 39.1 Å². The Hall–Kier alpha value is -8.97. The smallest absolute Gasteiger partial charge is 0.179 e. The monoisotopic (exact) mass is 950 g/mol.